The van der Waals surface area contributed by atoms with E-state index in [0.717, 1.165) is 25.1 Å². The number of fused-ring (bicyclic) bond motifs is 1. The minimum atomic E-state index is 0.0514. The lowest BCUT2D eigenvalue weighted by Gasteiger charge is -2.19. The minimum Gasteiger partial charge on any atom is -0.369 e. The summed E-state index contributed by atoms with van der Waals surface area (Å²) in [5.41, 5.74) is 3.65. The standard InChI is InChI=1S/C17H19N3O/c21-17(12-14-4-3-8-18-13-14)19-9-11-20-10-7-15-5-1-2-6-16(15)20/h1-6,8,13H,7,9-12H2,(H,19,21). The largest absolute Gasteiger partial charge is 0.369 e. The maximum Gasteiger partial charge on any atom is 0.224 e. The van der Waals surface area contributed by atoms with Crippen LogP contribution < -0.4 is 10.2 Å². The van der Waals surface area contributed by atoms with Crippen molar-refractivity contribution in [3.63, 3.8) is 0 Å². The van der Waals surface area contributed by atoms with Gasteiger partial charge in [-0.05, 0) is 29.7 Å². The van der Waals surface area contributed by atoms with Crippen molar-refractivity contribution < 1.29 is 4.79 Å². The van der Waals surface area contributed by atoms with Gasteiger partial charge in [-0.3, -0.25) is 9.78 Å². The van der Waals surface area contributed by atoms with E-state index in [-0.39, 0.29) is 5.91 Å². The molecule has 0 radical (unpaired) electrons. The Morgan fingerprint density at radius 2 is 2.14 bits per heavy atom. The number of pyridine rings is 1. The van der Waals surface area contributed by atoms with Gasteiger partial charge in [-0.2, -0.15) is 0 Å². The molecular formula is C17H19N3O. The molecule has 1 amide bonds. The van der Waals surface area contributed by atoms with Crippen LogP contribution in [0.3, 0.4) is 0 Å². The Morgan fingerprint density at radius 3 is 3.00 bits per heavy atom. The molecule has 0 unspecified atom stereocenters. The minimum absolute atomic E-state index is 0.0514. The molecular weight excluding hydrogens is 262 g/mol. The van der Waals surface area contributed by atoms with Crippen LogP contribution in [0.25, 0.3) is 0 Å². The van der Waals surface area contributed by atoms with Crippen molar-refractivity contribution in [2.75, 3.05) is 24.5 Å². The highest BCUT2D eigenvalue weighted by Gasteiger charge is 2.17. The van der Waals surface area contributed by atoms with Gasteiger partial charge in [-0.1, -0.05) is 24.3 Å². The summed E-state index contributed by atoms with van der Waals surface area (Å²) >= 11 is 0. The first-order valence-corrected chi connectivity index (χ1v) is 7.31. The maximum atomic E-state index is 11.9. The van der Waals surface area contributed by atoms with E-state index in [0.29, 0.717) is 13.0 Å². The van der Waals surface area contributed by atoms with Crippen molar-refractivity contribution >= 4 is 11.6 Å². The molecule has 0 fully saturated rings. The fraction of sp³-hybridized carbons (Fsp3) is 0.294. The van der Waals surface area contributed by atoms with E-state index in [4.69, 9.17) is 0 Å². The Hall–Kier alpha value is -2.36. The predicted octanol–water partition coefficient (Wildman–Crippen LogP) is 1.80. The molecule has 1 aliphatic rings. The molecule has 0 atom stereocenters. The molecule has 1 aliphatic heterocycles. The van der Waals surface area contributed by atoms with Crippen LogP contribution in [0, 0.1) is 0 Å². The van der Waals surface area contributed by atoms with Gasteiger partial charge in [0.1, 0.15) is 0 Å². The summed E-state index contributed by atoms with van der Waals surface area (Å²) in [6, 6.07) is 12.2. The zero-order valence-electron chi connectivity index (χ0n) is 12.0. The average Bonchev–Trinajstić information content (AvgIpc) is 2.92. The van der Waals surface area contributed by atoms with Crippen molar-refractivity contribution in [3.05, 3.63) is 59.9 Å². The lowest BCUT2D eigenvalue weighted by molar-refractivity contribution is -0.120. The number of para-hydroxylation sites is 1. The quantitative estimate of drug-likeness (QED) is 0.909. The molecule has 0 spiro atoms. The fourth-order valence-corrected chi connectivity index (χ4v) is 2.72. The number of benzene rings is 1. The van der Waals surface area contributed by atoms with Gasteiger partial charge in [0.05, 0.1) is 6.42 Å². The number of hydrogen-bond donors (Lipinski definition) is 1. The molecule has 0 saturated heterocycles. The summed E-state index contributed by atoms with van der Waals surface area (Å²) in [6.45, 7) is 2.57. The number of carbonyl (C=O) groups is 1. The molecule has 3 rings (SSSR count). The fourth-order valence-electron chi connectivity index (χ4n) is 2.72. The molecule has 21 heavy (non-hydrogen) atoms. The van der Waals surface area contributed by atoms with Gasteiger partial charge in [0, 0.05) is 37.7 Å². The average molecular weight is 281 g/mol. The molecule has 2 heterocycles. The summed E-state index contributed by atoms with van der Waals surface area (Å²) in [6.07, 6.45) is 4.94. The van der Waals surface area contributed by atoms with Crippen LogP contribution in [0.4, 0.5) is 5.69 Å². The van der Waals surface area contributed by atoms with Gasteiger partial charge < -0.3 is 10.2 Å². The Balaban J connectivity index is 1.46. The highest BCUT2D eigenvalue weighted by molar-refractivity contribution is 5.78. The summed E-state index contributed by atoms with van der Waals surface area (Å²) in [5.74, 6) is 0.0514. The third-order valence-corrected chi connectivity index (χ3v) is 3.77. The van der Waals surface area contributed by atoms with Crippen LogP contribution in [-0.4, -0.2) is 30.5 Å². The van der Waals surface area contributed by atoms with E-state index in [1.807, 2.05) is 12.1 Å². The van der Waals surface area contributed by atoms with E-state index in [1.165, 1.54) is 11.3 Å². The van der Waals surface area contributed by atoms with Crippen LogP contribution in [-0.2, 0) is 17.6 Å². The number of nitrogens with one attached hydrogen (secondary N) is 1. The third kappa shape index (κ3) is 3.40. The molecule has 4 heteroatoms. The zero-order valence-corrected chi connectivity index (χ0v) is 12.0. The second-order valence-electron chi connectivity index (χ2n) is 5.25. The number of hydrogen-bond acceptors (Lipinski definition) is 3. The van der Waals surface area contributed by atoms with E-state index >= 15 is 0 Å². The first-order chi connectivity index (χ1) is 10.3. The number of amides is 1. The molecule has 0 aliphatic carbocycles. The first-order valence-electron chi connectivity index (χ1n) is 7.31. The second-order valence-corrected chi connectivity index (χ2v) is 5.25. The molecule has 0 saturated carbocycles. The van der Waals surface area contributed by atoms with Crippen LogP contribution in [0.15, 0.2) is 48.8 Å². The topological polar surface area (TPSA) is 45.2 Å². The van der Waals surface area contributed by atoms with E-state index in [9.17, 15) is 4.79 Å². The van der Waals surface area contributed by atoms with Crippen molar-refractivity contribution in [3.8, 4) is 0 Å². The Kier molecular flexibility index (Phi) is 4.15. The zero-order chi connectivity index (χ0) is 14.5. The number of nitrogens with zero attached hydrogens (tertiary/aromatic N) is 2. The smallest absolute Gasteiger partial charge is 0.224 e. The second kappa shape index (κ2) is 6.39. The predicted molar refractivity (Wildman–Crippen MR) is 83.3 cm³/mol. The summed E-state index contributed by atoms with van der Waals surface area (Å²) in [4.78, 5) is 18.2. The summed E-state index contributed by atoms with van der Waals surface area (Å²) in [7, 11) is 0. The van der Waals surface area contributed by atoms with Gasteiger partial charge in [0.2, 0.25) is 5.91 Å². The molecule has 1 aromatic heterocycles. The van der Waals surface area contributed by atoms with Crippen molar-refractivity contribution in [2.45, 2.75) is 12.8 Å². The maximum absolute atomic E-state index is 11.9. The van der Waals surface area contributed by atoms with Crippen molar-refractivity contribution in [2.24, 2.45) is 0 Å². The normalized spacial score (nSPS) is 13.0. The van der Waals surface area contributed by atoms with E-state index in [1.54, 1.807) is 12.4 Å². The number of anilines is 1. The Morgan fingerprint density at radius 1 is 1.24 bits per heavy atom. The van der Waals surface area contributed by atoms with Crippen LogP contribution in [0.5, 0.6) is 0 Å². The van der Waals surface area contributed by atoms with Gasteiger partial charge >= 0.3 is 0 Å². The third-order valence-electron chi connectivity index (χ3n) is 3.77. The molecule has 1 aromatic carbocycles. The number of aromatic nitrogens is 1. The van der Waals surface area contributed by atoms with Crippen LogP contribution in [0.2, 0.25) is 0 Å². The number of carbonyl (C=O) groups excluding carboxylic acids is 1. The Labute approximate surface area is 124 Å². The monoisotopic (exact) mass is 281 g/mol. The molecule has 108 valence electrons. The van der Waals surface area contributed by atoms with E-state index in [2.05, 4.69) is 39.5 Å². The van der Waals surface area contributed by atoms with Gasteiger partial charge in [-0.15, -0.1) is 0 Å². The highest BCUT2D eigenvalue weighted by Crippen LogP contribution is 2.26. The van der Waals surface area contributed by atoms with Gasteiger partial charge in [0.25, 0.3) is 0 Å². The summed E-state index contributed by atoms with van der Waals surface area (Å²) in [5, 5.41) is 2.98. The summed E-state index contributed by atoms with van der Waals surface area (Å²) < 4.78 is 0. The highest BCUT2D eigenvalue weighted by atomic mass is 16.1. The first kappa shape index (κ1) is 13.6. The van der Waals surface area contributed by atoms with Crippen LogP contribution in [0.1, 0.15) is 11.1 Å². The van der Waals surface area contributed by atoms with Gasteiger partial charge in [0.15, 0.2) is 0 Å². The van der Waals surface area contributed by atoms with E-state index < -0.39 is 0 Å². The van der Waals surface area contributed by atoms with Crippen molar-refractivity contribution in [1.82, 2.24) is 10.3 Å². The van der Waals surface area contributed by atoms with Gasteiger partial charge in [-0.25, -0.2) is 0 Å². The Bertz CT molecular complexity index is 612. The molecule has 4 nitrogen and oxygen atoms in total. The SMILES string of the molecule is O=C(Cc1cccnc1)NCCN1CCc2ccccc21. The van der Waals surface area contributed by atoms with Crippen LogP contribution >= 0.6 is 0 Å². The van der Waals surface area contributed by atoms with Crippen molar-refractivity contribution in [1.29, 1.82) is 0 Å². The molecule has 1 N–H and O–H groups in total. The molecule has 0 bridgehead atoms. The lowest BCUT2D eigenvalue weighted by atomic mass is 10.2. The lowest BCUT2D eigenvalue weighted by Crippen LogP contribution is -2.34. The number of rotatable bonds is 5. The molecule has 2 aromatic rings.